The van der Waals surface area contributed by atoms with E-state index in [0.29, 0.717) is 41.6 Å². The molecule has 0 saturated carbocycles. The second-order valence-electron chi connectivity index (χ2n) is 7.20. The first-order chi connectivity index (χ1) is 14.6. The van der Waals surface area contributed by atoms with Gasteiger partial charge in [0, 0.05) is 54.8 Å². The quantitative estimate of drug-likeness (QED) is 0.581. The van der Waals surface area contributed by atoms with Crippen LogP contribution in [0.25, 0.3) is 0 Å². The number of hydrogen-bond acceptors (Lipinski definition) is 4. The van der Waals surface area contributed by atoms with Gasteiger partial charge in [-0.3, -0.25) is 9.59 Å². The number of ether oxygens (including phenoxy) is 1. The molecule has 0 aromatic heterocycles. The lowest BCUT2D eigenvalue weighted by molar-refractivity contribution is 0.0943. The van der Waals surface area contributed by atoms with E-state index in [1.165, 1.54) is 0 Å². The molecule has 2 aromatic carbocycles. The van der Waals surface area contributed by atoms with Gasteiger partial charge in [-0.15, -0.1) is 0 Å². The number of benzene rings is 2. The minimum atomic E-state index is -0.269. The number of rotatable bonds is 9. The van der Waals surface area contributed by atoms with Crippen molar-refractivity contribution in [1.82, 2.24) is 5.32 Å². The number of nitrogens with zero attached hydrogens (tertiary/aromatic N) is 1. The van der Waals surface area contributed by atoms with Crippen molar-refractivity contribution in [1.29, 1.82) is 0 Å². The molecule has 0 unspecified atom stereocenters. The van der Waals surface area contributed by atoms with Crippen molar-refractivity contribution in [3.05, 3.63) is 58.6 Å². The van der Waals surface area contributed by atoms with E-state index in [0.717, 1.165) is 38.0 Å². The number of carbonyl (C=O) groups is 2. The molecule has 1 aliphatic rings. The molecule has 2 amide bonds. The molecule has 2 N–H and O–H groups in total. The molecule has 2 aromatic rings. The molecular formula is C23H28ClN3O3. The molecule has 160 valence electrons. The lowest BCUT2D eigenvalue weighted by Crippen LogP contribution is -2.29. The van der Waals surface area contributed by atoms with Crippen LogP contribution in [-0.4, -0.2) is 44.7 Å². The minimum absolute atomic E-state index is 0.146. The Hall–Kier alpha value is -2.57. The van der Waals surface area contributed by atoms with Gasteiger partial charge in [0.1, 0.15) is 0 Å². The summed E-state index contributed by atoms with van der Waals surface area (Å²) in [5.41, 5.74) is 2.50. The van der Waals surface area contributed by atoms with Crippen LogP contribution in [0.15, 0.2) is 42.5 Å². The van der Waals surface area contributed by atoms with Crippen LogP contribution in [0, 0.1) is 0 Å². The Morgan fingerprint density at radius 2 is 1.90 bits per heavy atom. The fourth-order valence-corrected chi connectivity index (χ4v) is 3.67. The first-order valence-corrected chi connectivity index (χ1v) is 10.8. The zero-order valence-electron chi connectivity index (χ0n) is 17.2. The molecule has 7 heteroatoms. The highest BCUT2D eigenvalue weighted by Gasteiger charge is 2.20. The SMILES string of the molecule is CCOCCCNC(=O)c1cc(NC(=O)c2cccc(Cl)c2)ccc1N1CCCC1. The molecule has 30 heavy (non-hydrogen) atoms. The average Bonchev–Trinajstić information content (AvgIpc) is 3.28. The maximum atomic E-state index is 12.9. The van der Waals surface area contributed by atoms with E-state index >= 15 is 0 Å². The Morgan fingerprint density at radius 1 is 1.10 bits per heavy atom. The maximum Gasteiger partial charge on any atom is 0.255 e. The molecule has 0 atom stereocenters. The van der Waals surface area contributed by atoms with Crippen LogP contribution < -0.4 is 15.5 Å². The highest BCUT2D eigenvalue weighted by atomic mass is 35.5. The zero-order chi connectivity index (χ0) is 21.3. The molecule has 3 rings (SSSR count). The fraction of sp³-hybridized carbons (Fsp3) is 0.391. The van der Waals surface area contributed by atoms with Crippen molar-refractivity contribution in [3.63, 3.8) is 0 Å². The smallest absolute Gasteiger partial charge is 0.255 e. The number of nitrogens with one attached hydrogen (secondary N) is 2. The number of amides is 2. The van der Waals surface area contributed by atoms with Crippen LogP contribution >= 0.6 is 11.6 Å². The molecule has 1 heterocycles. The second-order valence-corrected chi connectivity index (χ2v) is 7.63. The van der Waals surface area contributed by atoms with Crippen molar-refractivity contribution in [3.8, 4) is 0 Å². The third-order valence-corrected chi connectivity index (χ3v) is 5.22. The summed E-state index contributed by atoms with van der Waals surface area (Å²) in [7, 11) is 0. The maximum absolute atomic E-state index is 12.9. The van der Waals surface area contributed by atoms with E-state index in [-0.39, 0.29) is 11.8 Å². The van der Waals surface area contributed by atoms with Gasteiger partial charge < -0.3 is 20.3 Å². The monoisotopic (exact) mass is 429 g/mol. The topological polar surface area (TPSA) is 70.7 Å². The summed E-state index contributed by atoms with van der Waals surface area (Å²) < 4.78 is 5.32. The summed E-state index contributed by atoms with van der Waals surface area (Å²) in [5.74, 6) is -0.415. The summed E-state index contributed by atoms with van der Waals surface area (Å²) in [6.07, 6.45) is 2.98. The van der Waals surface area contributed by atoms with Gasteiger partial charge in [-0.25, -0.2) is 0 Å². The highest BCUT2D eigenvalue weighted by Crippen LogP contribution is 2.28. The Labute approximate surface area is 182 Å². The highest BCUT2D eigenvalue weighted by molar-refractivity contribution is 6.31. The van der Waals surface area contributed by atoms with E-state index in [9.17, 15) is 9.59 Å². The molecule has 6 nitrogen and oxygen atoms in total. The molecule has 0 aliphatic carbocycles. The van der Waals surface area contributed by atoms with E-state index in [2.05, 4.69) is 15.5 Å². The van der Waals surface area contributed by atoms with Crippen molar-refractivity contribution < 1.29 is 14.3 Å². The van der Waals surface area contributed by atoms with Gasteiger partial charge in [-0.2, -0.15) is 0 Å². The summed E-state index contributed by atoms with van der Waals surface area (Å²) >= 11 is 5.98. The van der Waals surface area contributed by atoms with Crippen LogP contribution in [0.2, 0.25) is 5.02 Å². The Bertz CT molecular complexity index is 882. The van der Waals surface area contributed by atoms with Gasteiger partial charge in [0.05, 0.1) is 5.56 Å². The van der Waals surface area contributed by atoms with Gasteiger partial charge in [-0.1, -0.05) is 17.7 Å². The molecule has 0 spiro atoms. The predicted molar refractivity (Wildman–Crippen MR) is 121 cm³/mol. The normalized spacial score (nSPS) is 13.3. The largest absolute Gasteiger partial charge is 0.382 e. The molecule has 0 bridgehead atoms. The van der Waals surface area contributed by atoms with Crippen molar-refractivity contribution in [2.75, 3.05) is 43.1 Å². The predicted octanol–water partition coefficient (Wildman–Crippen LogP) is 4.35. The average molecular weight is 430 g/mol. The summed E-state index contributed by atoms with van der Waals surface area (Å²) in [5, 5.41) is 6.33. The fourth-order valence-electron chi connectivity index (χ4n) is 3.48. The summed E-state index contributed by atoms with van der Waals surface area (Å²) in [6.45, 7) is 5.63. The first kappa shape index (κ1) is 22.1. The van der Waals surface area contributed by atoms with Crippen LogP contribution in [0.1, 0.15) is 46.9 Å². The van der Waals surface area contributed by atoms with Gasteiger partial charge in [0.25, 0.3) is 11.8 Å². The van der Waals surface area contributed by atoms with Crippen molar-refractivity contribution in [2.24, 2.45) is 0 Å². The Morgan fingerprint density at radius 3 is 2.63 bits per heavy atom. The third kappa shape index (κ3) is 5.97. The lowest BCUT2D eigenvalue weighted by atomic mass is 10.1. The van der Waals surface area contributed by atoms with E-state index < -0.39 is 0 Å². The van der Waals surface area contributed by atoms with Crippen LogP contribution in [0.4, 0.5) is 11.4 Å². The molecular weight excluding hydrogens is 402 g/mol. The summed E-state index contributed by atoms with van der Waals surface area (Å²) in [6, 6.07) is 12.3. The van der Waals surface area contributed by atoms with Gasteiger partial charge in [0.2, 0.25) is 0 Å². The van der Waals surface area contributed by atoms with Gasteiger partial charge >= 0.3 is 0 Å². The van der Waals surface area contributed by atoms with Crippen LogP contribution in [-0.2, 0) is 4.74 Å². The Kier molecular flexibility index (Phi) is 8.11. The first-order valence-electron chi connectivity index (χ1n) is 10.4. The van der Waals surface area contributed by atoms with Crippen molar-refractivity contribution >= 4 is 34.8 Å². The van der Waals surface area contributed by atoms with E-state index in [1.807, 2.05) is 19.1 Å². The number of hydrogen-bond donors (Lipinski definition) is 2. The van der Waals surface area contributed by atoms with Gasteiger partial charge in [0.15, 0.2) is 0 Å². The number of halogens is 1. The molecule has 1 saturated heterocycles. The zero-order valence-corrected chi connectivity index (χ0v) is 18.0. The number of anilines is 2. The Balaban J connectivity index is 1.75. The van der Waals surface area contributed by atoms with Crippen LogP contribution in [0.3, 0.4) is 0 Å². The lowest BCUT2D eigenvalue weighted by Gasteiger charge is -2.22. The minimum Gasteiger partial charge on any atom is -0.382 e. The van der Waals surface area contributed by atoms with Gasteiger partial charge in [-0.05, 0) is 62.6 Å². The second kappa shape index (κ2) is 11.0. The van der Waals surface area contributed by atoms with Crippen LogP contribution in [0.5, 0.6) is 0 Å². The van der Waals surface area contributed by atoms with E-state index in [4.69, 9.17) is 16.3 Å². The standard InChI is InChI=1S/C23H28ClN3O3/c1-2-30-14-6-11-25-23(29)20-16-19(9-10-21(20)27-12-3-4-13-27)26-22(28)17-7-5-8-18(24)15-17/h5,7-10,15-16H,2-4,6,11-14H2,1H3,(H,25,29)(H,26,28). The molecule has 1 aliphatic heterocycles. The molecule has 0 radical (unpaired) electrons. The number of carbonyl (C=O) groups excluding carboxylic acids is 2. The molecule has 1 fully saturated rings. The van der Waals surface area contributed by atoms with Crippen molar-refractivity contribution in [2.45, 2.75) is 26.2 Å². The summed E-state index contributed by atoms with van der Waals surface area (Å²) in [4.78, 5) is 27.7. The van der Waals surface area contributed by atoms with E-state index in [1.54, 1.807) is 30.3 Å². The third-order valence-electron chi connectivity index (χ3n) is 4.99.